The van der Waals surface area contributed by atoms with Crippen LogP contribution in [0.25, 0.3) is 0 Å². The average molecular weight is 171 g/mol. The number of thioether (sulfide) groups is 1. The summed E-state index contributed by atoms with van der Waals surface area (Å²) in [5, 5.41) is 0. The highest BCUT2D eigenvalue weighted by atomic mass is 35.5. The second kappa shape index (κ2) is 8.56. The van der Waals surface area contributed by atoms with Gasteiger partial charge in [-0.25, -0.2) is 0 Å². The topological polar surface area (TPSA) is 52.0 Å². The maximum atomic E-state index is 5.52. The summed E-state index contributed by atoms with van der Waals surface area (Å²) in [5.74, 6) is 1.12. The number of rotatable bonds is 4. The van der Waals surface area contributed by atoms with Crippen LogP contribution < -0.4 is 11.5 Å². The maximum Gasteiger partial charge on any atom is 0.0170 e. The lowest BCUT2D eigenvalue weighted by Gasteiger charge is -2.04. The summed E-state index contributed by atoms with van der Waals surface area (Å²) in [7, 11) is 0. The molecule has 58 valence electrons. The fraction of sp³-hybridized carbons (Fsp3) is 1.00. The van der Waals surface area contributed by atoms with Gasteiger partial charge >= 0.3 is 0 Å². The van der Waals surface area contributed by atoms with Crippen LogP contribution in [0.5, 0.6) is 0 Å². The summed E-state index contributed by atoms with van der Waals surface area (Å²) < 4.78 is 0. The van der Waals surface area contributed by atoms with Crippen LogP contribution in [0.3, 0.4) is 0 Å². The first-order chi connectivity index (χ1) is 3.81. The molecular weight excluding hydrogens is 156 g/mol. The second-order valence-corrected chi connectivity index (χ2v) is 2.76. The van der Waals surface area contributed by atoms with Gasteiger partial charge in [0.15, 0.2) is 0 Å². The summed E-state index contributed by atoms with van der Waals surface area (Å²) in [5.41, 5.74) is 10.8. The first-order valence-corrected chi connectivity index (χ1v) is 4.15. The molecule has 0 bridgehead atoms. The fourth-order valence-electron chi connectivity index (χ4n) is 0.387. The van der Waals surface area contributed by atoms with Crippen LogP contribution in [0.1, 0.15) is 6.42 Å². The van der Waals surface area contributed by atoms with E-state index >= 15 is 0 Å². The van der Waals surface area contributed by atoms with E-state index in [0.717, 1.165) is 12.2 Å². The zero-order valence-electron chi connectivity index (χ0n) is 5.67. The van der Waals surface area contributed by atoms with Crippen LogP contribution >= 0.6 is 24.2 Å². The summed E-state index contributed by atoms with van der Waals surface area (Å²) in [4.78, 5) is 0. The van der Waals surface area contributed by atoms with E-state index < -0.39 is 0 Å². The minimum absolute atomic E-state index is 0. The van der Waals surface area contributed by atoms with Gasteiger partial charge in [-0.3, -0.25) is 0 Å². The van der Waals surface area contributed by atoms with Crippen molar-refractivity contribution in [2.75, 3.05) is 18.6 Å². The smallest absolute Gasteiger partial charge is 0.0170 e. The number of hydrogen-bond acceptors (Lipinski definition) is 3. The third kappa shape index (κ3) is 8.56. The van der Waals surface area contributed by atoms with Crippen LogP contribution in [0.2, 0.25) is 0 Å². The molecule has 0 spiro atoms. The third-order valence-corrected chi connectivity index (χ3v) is 1.64. The van der Waals surface area contributed by atoms with Crippen molar-refractivity contribution in [3.8, 4) is 0 Å². The highest BCUT2D eigenvalue weighted by Crippen LogP contribution is 1.96. The lowest BCUT2D eigenvalue weighted by atomic mass is 10.2. The molecule has 1 atom stereocenters. The molecule has 0 aromatic rings. The Hall–Kier alpha value is 0.560. The summed E-state index contributed by atoms with van der Waals surface area (Å²) >= 11 is 1.81. The Morgan fingerprint density at radius 2 is 2.11 bits per heavy atom. The van der Waals surface area contributed by atoms with Crippen molar-refractivity contribution in [2.24, 2.45) is 11.5 Å². The molecule has 0 saturated carbocycles. The van der Waals surface area contributed by atoms with E-state index in [-0.39, 0.29) is 18.4 Å². The SMILES string of the molecule is CSCCC(N)CN.Cl. The van der Waals surface area contributed by atoms with Crippen LogP contribution in [-0.2, 0) is 0 Å². The van der Waals surface area contributed by atoms with Crippen LogP contribution in [-0.4, -0.2) is 24.6 Å². The standard InChI is InChI=1S/C5H14N2S.ClH/c1-8-3-2-5(7)4-6;/h5H,2-4,6-7H2,1H3;1H. The molecule has 0 aliphatic rings. The molecule has 0 aromatic heterocycles. The molecule has 0 aliphatic carbocycles. The molecule has 4 N–H and O–H groups in total. The number of nitrogens with two attached hydrogens (primary N) is 2. The van der Waals surface area contributed by atoms with E-state index in [0.29, 0.717) is 6.54 Å². The highest BCUT2D eigenvalue weighted by molar-refractivity contribution is 7.98. The molecule has 1 unspecified atom stereocenters. The third-order valence-electron chi connectivity index (χ3n) is 0.996. The van der Waals surface area contributed by atoms with E-state index in [1.54, 1.807) is 0 Å². The molecule has 0 aliphatic heterocycles. The molecule has 0 amide bonds. The first kappa shape index (κ1) is 12.3. The average Bonchev–Trinajstić information content (AvgIpc) is 1.83. The van der Waals surface area contributed by atoms with Crippen molar-refractivity contribution in [1.82, 2.24) is 0 Å². The summed E-state index contributed by atoms with van der Waals surface area (Å²) in [6.07, 6.45) is 3.11. The molecule has 0 aromatic carbocycles. The fourth-order valence-corrected chi connectivity index (χ4v) is 0.926. The normalized spacial score (nSPS) is 12.3. The van der Waals surface area contributed by atoms with Gasteiger partial charge in [-0.2, -0.15) is 11.8 Å². The molecule has 0 saturated heterocycles. The minimum atomic E-state index is 0. The molecular formula is C5H15ClN2S. The van der Waals surface area contributed by atoms with E-state index in [1.807, 2.05) is 11.8 Å². The van der Waals surface area contributed by atoms with Crippen molar-refractivity contribution < 1.29 is 0 Å². The van der Waals surface area contributed by atoms with Gasteiger partial charge in [-0.15, -0.1) is 12.4 Å². The number of hydrogen-bond donors (Lipinski definition) is 2. The van der Waals surface area contributed by atoms with Gasteiger partial charge in [-0.05, 0) is 18.4 Å². The van der Waals surface area contributed by atoms with Gasteiger partial charge in [0.05, 0.1) is 0 Å². The quantitative estimate of drug-likeness (QED) is 0.644. The predicted octanol–water partition coefficient (Wildman–Crippen LogP) is 0.447. The van der Waals surface area contributed by atoms with Gasteiger partial charge in [-0.1, -0.05) is 0 Å². The molecule has 0 heterocycles. The molecule has 4 heteroatoms. The van der Waals surface area contributed by atoms with Crippen LogP contribution in [0.4, 0.5) is 0 Å². The van der Waals surface area contributed by atoms with Crippen molar-refractivity contribution >= 4 is 24.2 Å². The second-order valence-electron chi connectivity index (χ2n) is 1.78. The van der Waals surface area contributed by atoms with E-state index in [9.17, 15) is 0 Å². The zero-order valence-corrected chi connectivity index (χ0v) is 7.30. The Kier molecular flexibility index (Phi) is 11.7. The van der Waals surface area contributed by atoms with Gasteiger partial charge in [0.2, 0.25) is 0 Å². The zero-order chi connectivity index (χ0) is 6.41. The molecule has 2 nitrogen and oxygen atoms in total. The lowest BCUT2D eigenvalue weighted by molar-refractivity contribution is 0.665. The monoisotopic (exact) mass is 170 g/mol. The van der Waals surface area contributed by atoms with Crippen molar-refractivity contribution in [3.63, 3.8) is 0 Å². The van der Waals surface area contributed by atoms with Crippen molar-refractivity contribution in [2.45, 2.75) is 12.5 Å². The lowest BCUT2D eigenvalue weighted by Crippen LogP contribution is -2.29. The van der Waals surface area contributed by atoms with Gasteiger partial charge in [0, 0.05) is 12.6 Å². The molecule has 9 heavy (non-hydrogen) atoms. The van der Waals surface area contributed by atoms with Crippen molar-refractivity contribution in [3.05, 3.63) is 0 Å². The Balaban J connectivity index is 0. The van der Waals surface area contributed by atoms with Gasteiger partial charge in [0.1, 0.15) is 0 Å². The molecule has 0 radical (unpaired) electrons. The van der Waals surface area contributed by atoms with Gasteiger partial charge in [0.25, 0.3) is 0 Å². The highest BCUT2D eigenvalue weighted by Gasteiger charge is 1.95. The minimum Gasteiger partial charge on any atom is -0.329 e. The molecule has 0 rings (SSSR count). The van der Waals surface area contributed by atoms with E-state index in [4.69, 9.17) is 11.5 Å². The Labute approximate surface area is 67.2 Å². The van der Waals surface area contributed by atoms with Crippen molar-refractivity contribution in [1.29, 1.82) is 0 Å². The van der Waals surface area contributed by atoms with E-state index in [2.05, 4.69) is 6.26 Å². The summed E-state index contributed by atoms with van der Waals surface area (Å²) in [6.45, 7) is 0.612. The molecule has 0 fully saturated rings. The predicted molar refractivity (Wildman–Crippen MR) is 47.3 cm³/mol. The largest absolute Gasteiger partial charge is 0.329 e. The number of halogens is 1. The van der Waals surface area contributed by atoms with E-state index in [1.165, 1.54) is 0 Å². The Morgan fingerprint density at radius 3 is 2.44 bits per heavy atom. The Morgan fingerprint density at radius 1 is 1.56 bits per heavy atom. The van der Waals surface area contributed by atoms with Crippen LogP contribution in [0.15, 0.2) is 0 Å². The summed E-state index contributed by atoms with van der Waals surface area (Å²) in [6, 6.07) is 0.211. The first-order valence-electron chi connectivity index (χ1n) is 2.76. The maximum absolute atomic E-state index is 5.52. The Bertz CT molecular complexity index is 54.2. The van der Waals surface area contributed by atoms with Gasteiger partial charge < -0.3 is 11.5 Å². The van der Waals surface area contributed by atoms with Crippen LogP contribution in [0, 0.1) is 0 Å².